The van der Waals surface area contributed by atoms with Crippen LogP contribution < -0.4 is 4.74 Å². The van der Waals surface area contributed by atoms with Gasteiger partial charge in [0.2, 0.25) is 5.82 Å². The maximum absolute atomic E-state index is 9.42. The molecular formula is C44H32N6O. The van der Waals surface area contributed by atoms with Gasteiger partial charge in [-0.25, -0.2) is 0 Å². The van der Waals surface area contributed by atoms with Gasteiger partial charge in [0.15, 0.2) is 5.54 Å². The highest BCUT2D eigenvalue weighted by molar-refractivity contribution is 5.86. The van der Waals surface area contributed by atoms with E-state index in [1.54, 1.807) is 10.9 Å². The lowest BCUT2D eigenvalue weighted by molar-refractivity contribution is 0.309. The highest BCUT2D eigenvalue weighted by Gasteiger charge is 2.41. The van der Waals surface area contributed by atoms with Crippen LogP contribution in [0, 0.1) is 18.3 Å². The molecule has 2 heterocycles. The van der Waals surface area contributed by atoms with Gasteiger partial charge in [-0.2, -0.15) is 5.26 Å². The molecule has 0 aliphatic carbocycles. The molecule has 0 amide bonds. The minimum absolute atomic E-state index is 0.369. The van der Waals surface area contributed by atoms with Crippen molar-refractivity contribution in [1.82, 2.24) is 25.2 Å². The van der Waals surface area contributed by atoms with E-state index in [9.17, 15) is 5.26 Å². The molecule has 8 rings (SSSR count). The van der Waals surface area contributed by atoms with Crippen LogP contribution in [0.3, 0.4) is 0 Å². The molecule has 0 aliphatic rings. The van der Waals surface area contributed by atoms with Crippen molar-refractivity contribution in [3.63, 3.8) is 0 Å². The Morgan fingerprint density at radius 2 is 1.25 bits per heavy atom. The van der Waals surface area contributed by atoms with Crippen molar-refractivity contribution in [3.05, 3.63) is 197 Å². The summed E-state index contributed by atoms with van der Waals surface area (Å²) in [6, 6.07) is 57.1. The van der Waals surface area contributed by atoms with Crippen LogP contribution in [-0.4, -0.2) is 25.2 Å². The molecule has 244 valence electrons. The molecule has 7 heteroatoms. The minimum Gasteiger partial charge on any atom is -0.488 e. The van der Waals surface area contributed by atoms with E-state index in [0.29, 0.717) is 23.7 Å². The fourth-order valence-electron chi connectivity index (χ4n) is 6.73. The topological polar surface area (TPSA) is 89.5 Å². The first-order chi connectivity index (χ1) is 25.1. The Morgan fingerprint density at radius 3 is 1.86 bits per heavy atom. The molecular weight excluding hydrogens is 629 g/mol. The van der Waals surface area contributed by atoms with Gasteiger partial charge in [-0.1, -0.05) is 140 Å². The first-order valence-electron chi connectivity index (χ1n) is 16.7. The van der Waals surface area contributed by atoms with Crippen molar-refractivity contribution in [2.75, 3.05) is 0 Å². The number of ether oxygens (including phenoxy) is 1. The Bertz CT molecular complexity index is 2390. The molecule has 0 radical (unpaired) electrons. The molecule has 0 atom stereocenters. The van der Waals surface area contributed by atoms with E-state index < -0.39 is 5.54 Å². The van der Waals surface area contributed by atoms with E-state index in [0.717, 1.165) is 55.5 Å². The van der Waals surface area contributed by atoms with Crippen LogP contribution in [0.2, 0.25) is 0 Å². The van der Waals surface area contributed by atoms with Gasteiger partial charge in [-0.3, -0.25) is 4.98 Å². The number of fused-ring (bicyclic) bond motifs is 1. The summed E-state index contributed by atoms with van der Waals surface area (Å²) in [5, 5.41) is 24.8. The van der Waals surface area contributed by atoms with Crippen LogP contribution in [0.25, 0.3) is 33.4 Å². The van der Waals surface area contributed by atoms with E-state index in [1.807, 2.05) is 97.9 Å². The Balaban J connectivity index is 1.14. The van der Waals surface area contributed by atoms with Gasteiger partial charge in [0.05, 0.1) is 17.1 Å². The fourth-order valence-corrected chi connectivity index (χ4v) is 6.73. The predicted molar refractivity (Wildman–Crippen MR) is 199 cm³/mol. The second-order valence-corrected chi connectivity index (χ2v) is 12.3. The Hall–Kier alpha value is -6.91. The molecule has 6 aromatic carbocycles. The molecule has 0 saturated carbocycles. The van der Waals surface area contributed by atoms with Gasteiger partial charge in [0, 0.05) is 22.7 Å². The Kier molecular flexibility index (Phi) is 8.33. The van der Waals surface area contributed by atoms with Gasteiger partial charge in [0.25, 0.3) is 0 Å². The second kappa shape index (κ2) is 13.5. The normalized spacial score (nSPS) is 11.3. The fraction of sp³-hybridized carbons (Fsp3) is 0.0682. The maximum Gasteiger partial charge on any atom is 0.205 e. The number of rotatable bonds is 9. The zero-order valence-electron chi connectivity index (χ0n) is 27.9. The summed E-state index contributed by atoms with van der Waals surface area (Å²) >= 11 is 0. The van der Waals surface area contributed by atoms with Crippen molar-refractivity contribution in [3.8, 4) is 34.3 Å². The number of hydrogen-bond donors (Lipinski definition) is 0. The molecule has 51 heavy (non-hydrogen) atoms. The molecule has 0 saturated heterocycles. The number of nitriles is 1. The first kappa shape index (κ1) is 31.4. The number of aromatic nitrogens is 5. The average Bonchev–Trinajstić information content (AvgIpc) is 3.69. The summed E-state index contributed by atoms with van der Waals surface area (Å²) in [5.41, 5.74) is 8.35. The van der Waals surface area contributed by atoms with Gasteiger partial charge < -0.3 is 4.74 Å². The van der Waals surface area contributed by atoms with Gasteiger partial charge in [0.1, 0.15) is 12.4 Å². The Morgan fingerprint density at radius 1 is 0.667 bits per heavy atom. The SMILES string of the molecule is Cc1cc(OCc2ccc(-c3ccccc3-c3nnn(C(c4ccccc4)(c4ccccc4)c4ccccc4)n3)cc2)c2cc(C#N)ccc2n1. The molecule has 0 unspecified atom stereocenters. The van der Waals surface area contributed by atoms with E-state index in [2.05, 4.69) is 77.8 Å². The maximum atomic E-state index is 9.42. The predicted octanol–water partition coefficient (Wildman–Crippen LogP) is 9.15. The van der Waals surface area contributed by atoms with Gasteiger partial charge >= 0.3 is 0 Å². The number of aryl methyl sites for hydroxylation is 1. The summed E-state index contributed by atoms with van der Waals surface area (Å²) in [4.78, 5) is 6.35. The van der Waals surface area contributed by atoms with Gasteiger partial charge in [-0.05, 0) is 63.7 Å². The standard InChI is InChI=1S/C44H32N6O/c1-31-27-42(40-28-33(29-45)23-26-41(40)46-31)51-30-32-21-24-34(25-22-32)38-19-11-12-20-39(38)43-47-49-50(48-43)44(35-13-5-2-6-14-35,36-15-7-3-8-16-36)37-17-9-4-10-18-37/h2-28H,30H2,1H3. The van der Waals surface area contributed by atoms with Crippen molar-refractivity contribution >= 4 is 10.9 Å². The van der Waals surface area contributed by atoms with Crippen LogP contribution in [0.5, 0.6) is 5.75 Å². The van der Waals surface area contributed by atoms with Crippen LogP contribution in [0.4, 0.5) is 0 Å². The number of nitrogens with zero attached hydrogens (tertiary/aromatic N) is 6. The van der Waals surface area contributed by atoms with E-state index in [1.165, 1.54) is 0 Å². The van der Waals surface area contributed by atoms with E-state index in [4.69, 9.17) is 20.1 Å². The lowest BCUT2D eigenvalue weighted by atomic mass is 9.77. The van der Waals surface area contributed by atoms with E-state index >= 15 is 0 Å². The van der Waals surface area contributed by atoms with Crippen LogP contribution in [-0.2, 0) is 12.1 Å². The van der Waals surface area contributed by atoms with Crippen molar-refractivity contribution in [2.24, 2.45) is 0 Å². The summed E-state index contributed by atoms with van der Waals surface area (Å²) < 4.78 is 6.29. The largest absolute Gasteiger partial charge is 0.488 e. The molecule has 7 nitrogen and oxygen atoms in total. The molecule has 0 aliphatic heterocycles. The third kappa shape index (κ3) is 5.90. The average molecular weight is 661 g/mol. The highest BCUT2D eigenvalue weighted by Crippen LogP contribution is 2.40. The zero-order valence-corrected chi connectivity index (χ0v) is 27.9. The van der Waals surface area contributed by atoms with Crippen molar-refractivity contribution in [2.45, 2.75) is 19.1 Å². The summed E-state index contributed by atoms with van der Waals surface area (Å²) in [6.45, 7) is 2.31. The number of pyridine rings is 1. The van der Waals surface area contributed by atoms with Crippen LogP contribution in [0.1, 0.15) is 33.5 Å². The van der Waals surface area contributed by atoms with E-state index in [-0.39, 0.29) is 0 Å². The van der Waals surface area contributed by atoms with Crippen molar-refractivity contribution < 1.29 is 4.74 Å². The molecule has 8 aromatic rings. The van der Waals surface area contributed by atoms with Crippen LogP contribution in [0.15, 0.2) is 164 Å². The lowest BCUT2D eigenvalue weighted by Crippen LogP contribution is -2.39. The zero-order chi connectivity index (χ0) is 34.6. The smallest absolute Gasteiger partial charge is 0.205 e. The minimum atomic E-state index is -0.861. The molecule has 0 bridgehead atoms. The molecule has 0 N–H and O–H groups in total. The molecule has 0 spiro atoms. The first-order valence-corrected chi connectivity index (χ1v) is 16.7. The van der Waals surface area contributed by atoms with Crippen molar-refractivity contribution in [1.29, 1.82) is 5.26 Å². The molecule has 2 aromatic heterocycles. The third-order valence-electron chi connectivity index (χ3n) is 9.14. The summed E-state index contributed by atoms with van der Waals surface area (Å²) in [7, 11) is 0. The summed E-state index contributed by atoms with van der Waals surface area (Å²) in [6.07, 6.45) is 0. The number of hydrogen-bond acceptors (Lipinski definition) is 6. The quantitative estimate of drug-likeness (QED) is 0.144. The second-order valence-electron chi connectivity index (χ2n) is 12.3. The number of benzene rings is 6. The van der Waals surface area contributed by atoms with Gasteiger partial charge in [-0.15, -0.1) is 15.0 Å². The lowest BCUT2D eigenvalue weighted by Gasteiger charge is -2.34. The number of tetrazole rings is 1. The monoisotopic (exact) mass is 660 g/mol. The summed E-state index contributed by atoms with van der Waals surface area (Å²) in [5.74, 6) is 1.23. The Labute approximate surface area is 296 Å². The highest BCUT2D eigenvalue weighted by atomic mass is 16.5. The van der Waals surface area contributed by atoms with Crippen LogP contribution >= 0.6 is 0 Å². The molecule has 0 fully saturated rings. The third-order valence-corrected chi connectivity index (χ3v) is 9.14.